The molecular weight excluding hydrogens is 164 g/mol. The Kier molecular flexibility index (Phi) is 1.83. The molecule has 0 radical (unpaired) electrons. The molecule has 4 rings (SSSR count). The number of nitrogens with zero attached hydrogens (tertiary/aromatic N) is 3. The van der Waals surface area contributed by atoms with Crippen molar-refractivity contribution in [1.29, 1.82) is 0 Å². The summed E-state index contributed by atoms with van der Waals surface area (Å²) < 4.78 is 0. The Balaban J connectivity index is 1.77. The van der Waals surface area contributed by atoms with E-state index in [9.17, 15) is 0 Å². The number of rotatable bonds is 2. The first kappa shape index (κ1) is 8.17. The zero-order valence-corrected chi connectivity index (χ0v) is 8.24. The SMILES string of the molecule is CCCN1N2CC3CC(C2)NN1C3. The summed E-state index contributed by atoms with van der Waals surface area (Å²) in [5, 5.41) is 7.24. The number of nitrogens with one attached hydrogen (secondary N) is 1. The Morgan fingerprint density at radius 3 is 2.92 bits per heavy atom. The third-order valence-electron chi connectivity index (χ3n) is 3.31. The lowest BCUT2D eigenvalue weighted by molar-refractivity contribution is -0.306. The number of piperidine rings is 1. The standard InChI is InChI=1S/C9H18N4/c1-2-3-13-11-5-8-4-9(7-11)10-12(13)6-8/h8-10H,2-7H2,1H3. The van der Waals surface area contributed by atoms with Gasteiger partial charge in [-0.2, -0.15) is 10.2 Å². The predicted octanol–water partition coefficient (Wildman–Crippen LogP) is 0.0527. The maximum Gasteiger partial charge on any atom is 0.0374 e. The molecule has 4 nitrogen and oxygen atoms in total. The second-order valence-electron chi connectivity index (χ2n) is 4.48. The van der Waals surface area contributed by atoms with Gasteiger partial charge < -0.3 is 0 Å². The van der Waals surface area contributed by atoms with Crippen LogP contribution in [-0.4, -0.2) is 47.5 Å². The van der Waals surface area contributed by atoms with Gasteiger partial charge in [0.2, 0.25) is 0 Å². The van der Waals surface area contributed by atoms with Crippen molar-refractivity contribution in [3.8, 4) is 0 Å². The van der Waals surface area contributed by atoms with E-state index in [0.29, 0.717) is 0 Å². The molecule has 4 bridgehead atoms. The van der Waals surface area contributed by atoms with Gasteiger partial charge in [-0.3, -0.25) is 0 Å². The van der Waals surface area contributed by atoms with Crippen LogP contribution in [0.15, 0.2) is 0 Å². The van der Waals surface area contributed by atoms with Crippen LogP contribution in [0.3, 0.4) is 0 Å². The summed E-state index contributed by atoms with van der Waals surface area (Å²) in [5.41, 5.74) is 3.57. The number of hydrogen-bond acceptors (Lipinski definition) is 4. The van der Waals surface area contributed by atoms with Gasteiger partial charge >= 0.3 is 0 Å². The Morgan fingerprint density at radius 1 is 1.31 bits per heavy atom. The molecular formula is C9H18N4. The lowest BCUT2D eigenvalue weighted by Gasteiger charge is -2.59. The number of hydrogen-bond donors (Lipinski definition) is 1. The molecule has 0 amide bonds. The molecule has 4 unspecified atom stereocenters. The zero-order valence-electron chi connectivity index (χ0n) is 8.24. The van der Waals surface area contributed by atoms with Crippen LogP contribution in [-0.2, 0) is 0 Å². The lowest BCUT2D eigenvalue weighted by atomic mass is 9.92. The van der Waals surface area contributed by atoms with Crippen molar-refractivity contribution in [2.45, 2.75) is 25.8 Å². The van der Waals surface area contributed by atoms with Gasteiger partial charge in [0.1, 0.15) is 0 Å². The van der Waals surface area contributed by atoms with Gasteiger partial charge in [-0.25, -0.2) is 10.4 Å². The van der Waals surface area contributed by atoms with E-state index in [-0.39, 0.29) is 0 Å². The molecule has 4 heterocycles. The molecule has 4 aliphatic rings. The summed E-state index contributed by atoms with van der Waals surface area (Å²) in [6, 6.07) is 0.723. The Bertz CT molecular complexity index is 178. The van der Waals surface area contributed by atoms with Gasteiger partial charge in [0.25, 0.3) is 0 Å². The normalized spacial score (nSPS) is 48.7. The molecule has 0 spiro atoms. The molecule has 0 aliphatic carbocycles. The summed E-state index contributed by atoms with van der Waals surface area (Å²) in [6.45, 7) is 7.12. The van der Waals surface area contributed by atoms with Gasteiger partial charge in [-0.15, -0.1) is 0 Å². The van der Waals surface area contributed by atoms with Crippen molar-refractivity contribution in [2.75, 3.05) is 26.2 Å². The van der Waals surface area contributed by atoms with Crippen LogP contribution in [0.2, 0.25) is 0 Å². The summed E-state index contributed by atoms with van der Waals surface area (Å²) in [5.74, 6) is 0.910. The molecule has 0 aromatic heterocycles. The lowest BCUT2D eigenvalue weighted by Crippen LogP contribution is -2.77. The van der Waals surface area contributed by atoms with Gasteiger partial charge in [0.05, 0.1) is 0 Å². The third kappa shape index (κ3) is 1.21. The second kappa shape index (κ2) is 2.92. The van der Waals surface area contributed by atoms with Gasteiger partial charge in [-0.05, 0) is 18.8 Å². The van der Waals surface area contributed by atoms with Crippen molar-refractivity contribution in [1.82, 2.24) is 20.7 Å². The van der Waals surface area contributed by atoms with Gasteiger partial charge in [-0.1, -0.05) is 6.92 Å². The first-order valence-corrected chi connectivity index (χ1v) is 5.43. The first-order valence-electron chi connectivity index (χ1n) is 5.43. The van der Waals surface area contributed by atoms with Gasteiger partial charge in [0.15, 0.2) is 0 Å². The molecule has 0 aromatic rings. The average Bonchev–Trinajstić information content (AvgIpc) is 2.10. The fourth-order valence-corrected chi connectivity index (χ4v) is 2.88. The van der Waals surface area contributed by atoms with Crippen LogP contribution >= 0.6 is 0 Å². The van der Waals surface area contributed by atoms with Crippen LogP contribution in [0.4, 0.5) is 0 Å². The summed E-state index contributed by atoms with van der Waals surface area (Å²) >= 11 is 0. The highest BCUT2D eigenvalue weighted by Crippen LogP contribution is 2.30. The highest BCUT2D eigenvalue weighted by atomic mass is 16.0. The highest BCUT2D eigenvalue weighted by Gasteiger charge is 2.44. The minimum Gasteiger partial charge on any atom is -0.236 e. The molecule has 4 atom stereocenters. The van der Waals surface area contributed by atoms with Crippen molar-refractivity contribution < 1.29 is 0 Å². The van der Waals surface area contributed by atoms with Gasteiger partial charge in [0, 0.05) is 32.2 Å². The maximum absolute atomic E-state index is 3.57. The zero-order chi connectivity index (χ0) is 8.84. The number of hydrazine groups is 3. The van der Waals surface area contributed by atoms with E-state index >= 15 is 0 Å². The fraction of sp³-hybridized carbons (Fsp3) is 1.00. The first-order chi connectivity index (χ1) is 6.36. The van der Waals surface area contributed by atoms with Crippen LogP contribution in [0, 0.1) is 5.92 Å². The quantitative estimate of drug-likeness (QED) is 0.651. The summed E-state index contributed by atoms with van der Waals surface area (Å²) in [7, 11) is 0. The molecule has 13 heavy (non-hydrogen) atoms. The summed E-state index contributed by atoms with van der Waals surface area (Å²) in [4.78, 5) is 0. The molecule has 4 heteroatoms. The van der Waals surface area contributed by atoms with Crippen LogP contribution in [0.5, 0.6) is 0 Å². The molecule has 0 aromatic carbocycles. The van der Waals surface area contributed by atoms with E-state index in [4.69, 9.17) is 0 Å². The summed E-state index contributed by atoms with van der Waals surface area (Å²) in [6.07, 6.45) is 2.61. The van der Waals surface area contributed by atoms with Crippen molar-refractivity contribution in [3.05, 3.63) is 0 Å². The molecule has 74 valence electrons. The van der Waals surface area contributed by atoms with E-state index in [2.05, 4.69) is 27.6 Å². The Hall–Kier alpha value is -0.160. The highest BCUT2D eigenvalue weighted by molar-refractivity contribution is 4.90. The third-order valence-corrected chi connectivity index (χ3v) is 3.31. The second-order valence-corrected chi connectivity index (χ2v) is 4.48. The Morgan fingerprint density at radius 2 is 2.23 bits per heavy atom. The largest absolute Gasteiger partial charge is 0.236 e. The molecule has 4 aliphatic heterocycles. The molecule has 4 saturated heterocycles. The van der Waals surface area contributed by atoms with Crippen LogP contribution < -0.4 is 5.43 Å². The van der Waals surface area contributed by atoms with E-state index < -0.39 is 0 Å². The van der Waals surface area contributed by atoms with Crippen molar-refractivity contribution >= 4 is 0 Å². The Labute approximate surface area is 79.4 Å². The van der Waals surface area contributed by atoms with E-state index in [0.717, 1.165) is 18.5 Å². The van der Waals surface area contributed by atoms with Crippen molar-refractivity contribution in [3.63, 3.8) is 0 Å². The van der Waals surface area contributed by atoms with E-state index in [1.807, 2.05) is 0 Å². The monoisotopic (exact) mass is 182 g/mol. The topological polar surface area (TPSA) is 21.8 Å². The molecule has 4 fully saturated rings. The average molecular weight is 182 g/mol. The van der Waals surface area contributed by atoms with Crippen molar-refractivity contribution in [2.24, 2.45) is 5.92 Å². The fourth-order valence-electron chi connectivity index (χ4n) is 2.88. The predicted molar refractivity (Wildman–Crippen MR) is 50.3 cm³/mol. The molecule has 0 saturated carbocycles. The minimum atomic E-state index is 0.723. The van der Waals surface area contributed by atoms with E-state index in [1.54, 1.807) is 0 Å². The maximum atomic E-state index is 3.57. The van der Waals surface area contributed by atoms with Crippen LogP contribution in [0.25, 0.3) is 0 Å². The molecule has 1 N–H and O–H groups in total. The minimum absolute atomic E-state index is 0.723. The van der Waals surface area contributed by atoms with E-state index in [1.165, 1.54) is 32.5 Å². The smallest absolute Gasteiger partial charge is 0.0374 e. The van der Waals surface area contributed by atoms with Crippen LogP contribution in [0.1, 0.15) is 19.8 Å².